The number of carbonyl (C=O) groups is 1. The molecule has 3 aliphatic rings. The highest BCUT2D eigenvalue weighted by Crippen LogP contribution is 2.48. The number of likely N-dealkylation sites (N-methyl/N-ethyl adjacent to an activating group) is 1. The van der Waals surface area contributed by atoms with Gasteiger partial charge in [-0.2, -0.15) is 0 Å². The molecule has 2 bridgehead atoms. The molecular formula is C21H30N2O3. The van der Waals surface area contributed by atoms with Crippen LogP contribution in [0.5, 0.6) is 5.75 Å². The van der Waals surface area contributed by atoms with E-state index in [1.54, 1.807) is 7.11 Å². The highest BCUT2D eigenvalue weighted by molar-refractivity contribution is 5.69. The molecule has 4 rings (SSSR count). The summed E-state index contributed by atoms with van der Waals surface area (Å²) in [6.07, 6.45) is 4.76. The smallest absolute Gasteiger partial charge is 0.317 e. The lowest BCUT2D eigenvalue weighted by molar-refractivity contribution is -0.140. The van der Waals surface area contributed by atoms with E-state index in [1.165, 1.54) is 30.5 Å². The van der Waals surface area contributed by atoms with Crippen LogP contribution < -0.4 is 4.74 Å². The molecule has 1 saturated heterocycles. The van der Waals surface area contributed by atoms with Gasteiger partial charge >= 0.3 is 5.97 Å². The second-order valence-corrected chi connectivity index (χ2v) is 8.65. The van der Waals surface area contributed by atoms with E-state index in [4.69, 9.17) is 4.74 Å². The molecule has 2 aliphatic carbocycles. The van der Waals surface area contributed by atoms with Crippen LogP contribution in [-0.2, 0) is 16.6 Å². The molecule has 3 atom stereocenters. The number of likely N-dealkylation sites (tertiary alicyclic amines) is 1. The van der Waals surface area contributed by atoms with Gasteiger partial charge < -0.3 is 9.84 Å². The number of hydrogen-bond acceptors (Lipinski definition) is 4. The third-order valence-corrected chi connectivity index (χ3v) is 6.82. The van der Waals surface area contributed by atoms with Gasteiger partial charge in [0.15, 0.2) is 0 Å². The molecule has 1 aromatic rings. The summed E-state index contributed by atoms with van der Waals surface area (Å²) in [7, 11) is 3.69. The van der Waals surface area contributed by atoms with Crippen molar-refractivity contribution in [1.29, 1.82) is 0 Å². The molecule has 1 saturated carbocycles. The molecule has 142 valence electrons. The van der Waals surface area contributed by atoms with Crippen LogP contribution in [0.1, 0.15) is 37.3 Å². The first-order valence-electron chi connectivity index (χ1n) is 9.76. The molecule has 1 aliphatic heterocycles. The van der Waals surface area contributed by atoms with Gasteiger partial charge in [0.05, 0.1) is 13.7 Å². The van der Waals surface area contributed by atoms with Crippen molar-refractivity contribution in [2.45, 2.75) is 50.1 Å². The fraction of sp³-hybridized carbons (Fsp3) is 0.667. The van der Waals surface area contributed by atoms with Crippen molar-refractivity contribution < 1.29 is 14.6 Å². The van der Waals surface area contributed by atoms with Crippen molar-refractivity contribution in [3.05, 3.63) is 29.3 Å². The minimum atomic E-state index is -0.751. The zero-order chi connectivity index (χ0) is 18.5. The van der Waals surface area contributed by atoms with E-state index in [0.29, 0.717) is 6.04 Å². The Kier molecular flexibility index (Phi) is 4.48. The van der Waals surface area contributed by atoms with E-state index >= 15 is 0 Å². The minimum Gasteiger partial charge on any atom is -0.497 e. The lowest BCUT2D eigenvalue weighted by atomic mass is 9.61. The van der Waals surface area contributed by atoms with Gasteiger partial charge in [-0.25, -0.2) is 0 Å². The van der Waals surface area contributed by atoms with Crippen LogP contribution in [0.15, 0.2) is 18.2 Å². The largest absolute Gasteiger partial charge is 0.497 e. The molecule has 0 spiro atoms. The summed E-state index contributed by atoms with van der Waals surface area (Å²) in [6.45, 7) is 4.69. The summed E-state index contributed by atoms with van der Waals surface area (Å²) >= 11 is 0. The first-order valence-corrected chi connectivity index (χ1v) is 9.76. The average molecular weight is 358 g/mol. The van der Waals surface area contributed by atoms with Crippen molar-refractivity contribution in [3.8, 4) is 5.75 Å². The predicted molar refractivity (Wildman–Crippen MR) is 101 cm³/mol. The predicted octanol–water partition coefficient (Wildman–Crippen LogP) is 2.38. The van der Waals surface area contributed by atoms with Crippen molar-refractivity contribution in [2.75, 3.05) is 33.8 Å². The van der Waals surface area contributed by atoms with E-state index in [9.17, 15) is 9.90 Å². The molecule has 1 aromatic carbocycles. The summed E-state index contributed by atoms with van der Waals surface area (Å²) < 4.78 is 5.49. The van der Waals surface area contributed by atoms with Gasteiger partial charge in [-0.3, -0.25) is 14.6 Å². The Bertz CT molecular complexity index is 702. The highest BCUT2D eigenvalue weighted by atomic mass is 16.5. The first-order chi connectivity index (χ1) is 12.4. The summed E-state index contributed by atoms with van der Waals surface area (Å²) in [5.74, 6) is 0.991. The van der Waals surface area contributed by atoms with Crippen LogP contribution >= 0.6 is 0 Å². The van der Waals surface area contributed by atoms with E-state index in [2.05, 4.69) is 34.9 Å². The number of ether oxygens (including phenoxy) is 1. The molecule has 0 radical (unpaired) electrons. The number of hydrogen-bond donors (Lipinski definition) is 1. The van der Waals surface area contributed by atoms with Crippen LogP contribution in [-0.4, -0.2) is 66.8 Å². The lowest BCUT2D eigenvalue weighted by Gasteiger charge is -2.58. The van der Waals surface area contributed by atoms with Gasteiger partial charge in [-0.1, -0.05) is 13.0 Å². The molecule has 0 amide bonds. The van der Waals surface area contributed by atoms with E-state index in [0.717, 1.165) is 31.1 Å². The molecule has 0 unspecified atom stereocenters. The number of fused-ring (bicyclic) bond motifs is 4. The van der Waals surface area contributed by atoms with Gasteiger partial charge in [0.2, 0.25) is 0 Å². The molecular weight excluding hydrogens is 328 g/mol. The molecule has 5 heteroatoms. The van der Waals surface area contributed by atoms with E-state index in [-0.39, 0.29) is 18.0 Å². The topological polar surface area (TPSA) is 53.0 Å². The Hall–Kier alpha value is -1.59. The van der Waals surface area contributed by atoms with Crippen LogP contribution in [0, 0.1) is 5.92 Å². The van der Waals surface area contributed by atoms with Gasteiger partial charge in [-0.15, -0.1) is 0 Å². The minimum absolute atomic E-state index is 0.0446. The third-order valence-electron chi connectivity index (χ3n) is 6.82. The van der Waals surface area contributed by atoms with Crippen molar-refractivity contribution in [2.24, 2.45) is 5.92 Å². The fourth-order valence-corrected chi connectivity index (χ4v) is 5.42. The highest BCUT2D eigenvalue weighted by Gasteiger charge is 2.53. The molecule has 0 aromatic heterocycles. The Morgan fingerprint density at radius 3 is 2.85 bits per heavy atom. The van der Waals surface area contributed by atoms with Crippen molar-refractivity contribution >= 4 is 5.97 Å². The Morgan fingerprint density at radius 2 is 2.19 bits per heavy atom. The number of piperidine rings is 1. The lowest BCUT2D eigenvalue weighted by Crippen LogP contribution is -2.67. The number of nitrogens with zero attached hydrogens (tertiary/aromatic N) is 2. The number of methoxy groups -OCH3 is 1. The molecule has 26 heavy (non-hydrogen) atoms. The normalized spacial score (nSPS) is 30.9. The van der Waals surface area contributed by atoms with Gasteiger partial charge in [0.25, 0.3) is 0 Å². The molecule has 1 heterocycles. The average Bonchev–Trinajstić information content (AvgIpc) is 3.40. The summed E-state index contributed by atoms with van der Waals surface area (Å²) in [5, 5.41) is 9.39. The number of carboxylic acid groups (broad SMARTS) is 1. The molecule has 1 N–H and O–H groups in total. The zero-order valence-electron chi connectivity index (χ0n) is 16.1. The van der Waals surface area contributed by atoms with Crippen molar-refractivity contribution in [3.63, 3.8) is 0 Å². The molecule has 2 fully saturated rings. The quantitative estimate of drug-likeness (QED) is 0.846. The number of benzene rings is 1. The molecule has 5 nitrogen and oxygen atoms in total. The summed E-state index contributed by atoms with van der Waals surface area (Å²) in [6, 6.07) is 7.06. The maximum absolute atomic E-state index is 11.4. The maximum Gasteiger partial charge on any atom is 0.317 e. The van der Waals surface area contributed by atoms with E-state index < -0.39 is 5.97 Å². The van der Waals surface area contributed by atoms with Gasteiger partial charge in [0.1, 0.15) is 5.75 Å². The summed E-state index contributed by atoms with van der Waals surface area (Å²) in [5.41, 5.74) is 2.71. The fourth-order valence-electron chi connectivity index (χ4n) is 5.42. The summed E-state index contributed by atoms with van der Waals surface area (Å²) in [4.78, 5) is 16.1. The van der Waals surface area contributed by atoms with Crippen LogP contribution in [0.3, 0.4) is 0 Å². The standard InChI is InChI=1S/C21H30N2O3/c1-21-8-9-23(12-14-4-5-14)18(20(21)22(2)13-19(24)25)10-15-6-7-16(26-3)11-17(15)21/h6-7,11,14,18,20H,4-5,8-10,12-13H2,1-3H3,(H,24,25)/t18-,20-,21-/m1/s1. The number of rotatable bonds is 6. The second-order valence-electron chi connectivity index (χ2n) is 8.65. The Balaban J connectivity index is 1.74. The monoisotopic (exact) mass is 358 g/mol. The van der Waals surface area contributed by atoms with E-state index in [1.807, 2.05) is 7.05 Å². The van der Waals surface area contributed by atoms with Gasteiger partial charge in [0, 0.05) is 24.0 Å². The zero-order valence-corrected chi connectivity index (χ0v) is 16.1. The number of aliphatic carboxylic acids is 1. The van der Waals surface area contributed by atoms with Crippen molar-refractivity contribution in [1.82, 2.24) is 9.80 Å². The first kappa shape index (κ1) is 17.8. The van der Waals surface area contributed by atoms with Crippen LogP contribution in [0.2, 0.25) is 0 Å². The van der Waals surface area contributed by atoms with Crippen LogP contribution in [0.25, 0.3) is 0 Å². The van der Waals surface area contributed by atoms with Crippen LogP contribution in [0.4, 0.5) is 0 Å². The maximum atomic E-state index is 11.4. The second kappa shape index (κ2) is 6.54. The number of carboxylic acids is 1. The SMILES string of the molecule is COc1ccc2c(c1)[C@@]1(C)CCN(CC3CC3)[C@H](C2)[C@H]1N(C)CC(=O)O. The van der Waals surface area contributed by atoms with Gasteiger partial charge in [-0.05, 0) is 68.5 Å². The third kappa shape index (κ3) is 3.01. The Labute approximate surface area is 155 Å². The Morgan fingerprint density at radius 1 is 1.42 bits per heavy atom.